The summed E-state index contributed by atoms with van der Waals surface area (Å²) in [5.74, 6) is -0.983. The summed E-state index contributed by atoms with van der Waals surface area (Å²) in [6.07, 6.45) is 0. The van der Waals surface area contributed by atoms with Crippen LogP contribution in [0.5, 0.6) is 17.2 Å². The summed E-state index contributed by atoms with van der Waals surface area (Å²) in [5.41, 5.74) is 0.893. The number of phenolic OH excluding ortho intramolecular Hbond substituents is 3. The van der Waals surface area contributed by atoms with Crippen LogP contribution in [0, 0.1) is 0 Å². The summed E-state index contributed by atoms with van der Waals surface area (Å²) in [5, 5.41) is 28.3. The Labute approximate surface area is 116 Å². The van der Waals surface area contributed by atoms with Crippen LogP contribution >= 0.6 is 0 Å². The van der Waals surface area contributed by atoms with Gasteiger partial charge in [0.15, 0.2) is 11.5 Å². The fraction of sp³-hybridized carbons (Fsp3) is 0.133. The van der Waals surface area contributed by atoms with E-state index in [1.807, 2.05) is 0 Å². The molecule has 2 aromatic rings. The maximum atomic E-state index is 12.2. The first kappa shape index (κ1) is 13.7. The Morgan fingerprint density at radius 3 is 2.35 bits per heavy atom. The molecule has 0 fully saturated rings. The number of hydrogen-bond donors (Lipinski definition) is 3. The summed E-state index contributed by atoms with van der Waals surface area (Å²) in [4.78, 5) is 13.6. The topological polar surface area (TPSA) is 81.0 Å². The van der Waals surface area contributed by atoms with Crippen LogP contribution in [0.25, 0.3) is 0 Å². The molecule has 0 saturated heterocycles. The molecule has 0 heterocycles. The molecule has 0 aliphatic rings. The summed E-state index contributed by atoms with van der Waals surface area (Å²) in [7, 11) is 1.60. The van der Waals surface area contributed by atoms with E-state index in [9.17, 15) is 20.1 Å². The normalized spacial score (nSPS) is 10.2. The number of amides is 1. The molecule has 0 aliphatic heterocycles. The molecular weight excluding hydrogens is 258 g/mol. The van der Waals surface area contributed by atoms with Crippen molar-refractivity contribution in [1.29, 1.82) is 0 Å². The van der Waals surface area contributed by atoms with Gasteiger partial charge in [-0.1, -0.05) is 18.2 Å². The van der Waals surface area contributed by atoms with E-state index >= 15 is 0 Å². The molecule has 0 saturated carbocycles. The number of para-hydroxylation sites is 1. The SMILES string of the molecule is CN(Cc1ccc(O)cc1)C(=O)c1cccc(O)c1O. The Kier molecular flexibility index (Phi) is 3.79. The van der Waals surface area contributed by atoms with Crippen molar-refractivity contribution in [3.05, 3.63) is 53.6 Å². The third kappa shape index (κ3) is 2.83. The number of carbonyl (C=O) groups excluding carboxylic acids is 1. The maximum absolute atomic E-state index is 12.2. The minimum absolute atomic E-state index is 0.0475. The minimum atomic E-state index is -0.421. The second-order valence-electron chi connectivity index (χ2n) is 4.50. The second kappa shape index (κ2) is 5.52. The third-order valence-corrected chi connectivity index (χ3v) is 2.95. The highest BCUT2D eigenvalue weighted by Gasteiger charge is 2.17. The number of carbonyl (C=O) groups is 1. The molecular formula is C15H15NO4. The Balaban J connectivity index is 2.16. The predicted molar refractivity (Wildman–Crippen MR) is 73.7 cm³/mol. The molecule has 0 radical (unpaired) electrons. The Morgan fingerprint density at radius 2 is 1.70 bits per heavy atom. The molecule has 2 rings (SSSR count). The van der Waals surface area contributed by atoms with E-state index in [2.05, 4.69) is 0 Å². The fourth-order valence-corrected chi connectivity index (χ4v) is 1.86. The largest absolute Gasteiger partial charge is 0.508 e. The van der Waals surface area contributed by atoms with Crippen LogP contribution in [0.1, 0.15) is 15.9 Å². The number of rotatable bonds is 3. The molecule has 0 unspecified atom stereocenters. The van der Waals surface area contributed by atoms with Gasteiger partial charge in [0.2, 0.25) is 0 Å². The van der Waals surface area contributed by atoms with Gasteiger partial charge in [-0.25, -0.2) is 0 Å². The van der Waals surface area contributed by atoms with Gasteiger partial charge in [-0.05, 0) is 29.8 Å². The number of hydrogen-bond acceptors (Lipinski definition) is 4. The van der Waals surface area contributed by atoms with Gasteiger partial charge >= 0.3 is 0 Å². The monoisotopic (exact) mass is 273 g/mol. The van der Waals surface area contributed by atoms with Crippen molar-refractivity contribution in [3.8, 4) is 17.2 Å². The highest BCUT2D eigenvalue weighted by atomic mass is 16.3. The standard InChI is InChI=1S/C15H15NO4/c1-16(9-10-5-7-11(17)8-6-10)15(20)12-3-2-4-13(18)14(12)19/h2-8,17-19H,9H2,1H3. The van der Waals surface area contributed by atoms with Crippen LogP contribution in [0.2, 0.25) is 0 Å². The van der Waals surface area contributed by atoms with Crippen molar-refractivity contribution in [2.45, 2.75) is 6.54 Å². The Bertz CT molecular complexity index is 622. The molecule has 5 nitrogen and oxygen atoms in total. The third-order valence-electron chi connectivity index (χ3n) is 2.95. The van der Waals surface area contributed by atoms with Crippen LogP contribution in [0.15, 0.2) is 42.5 Å². The predicted octanol–water partition coefficient (Wildman–Crippen LogP) is 2.08. The van der Waals surface area contributed by atoms with E-state index in [-0.39, 0.29) is 17.1 Å². The molecule has 0 bridgehead atoms. The molecule has 0 aromatic heterocycles. The fourth-order valence-electron chi connectivity index (χ4n) is 1.86. The molecule has 0 spiro atoms. The second-order valence-corrected chi connectivity index (χ2v) is 4.50. The van der Waals surface area contributed by atoms with Crippen molar-refractivity contribution in [1.82, 2.24) is 4.90 Å². The molecule has 3 N–H and O–H groups in total. The first-order valence-electron chi connectivity index (χ1n) is 6.03. The van der Waals surface area contributed by atoms with Crippen LogP contribution in [0.3, 0.4) is 0 Å². The first-order chi connectivity index (χ1) is 9.49. The van der Waals surface area contributed by atoms with E-state index in [1.165, 1.54) is 23.1 Å². The van der Waals surface area contributed by atoms with E-state index in [1.54, 1.807) is 31.3 Å². The molecule has 5 heteroatoms. The van der Waals surface area contributed by atoms with Crippen molar-refractivity contribution < 1.29 is 20.1 Å². The van der Waals surface area contributed by atoms with Gasteiger partial charge in [-0.2, -0.15) is 0 Å². The van der Waals surface area contributed by atoms with Gasteiger partial charge in [0.1, 0.15) is 5.75 Å². The van der Waals surface area contributed by atoms with Crippen LogP contribution in [0.4, 0.5) is 0 Å². The lowest BCUT2D eigenvalue weighted by molar-refractivity contribution is 0.0781. The number of phenols is 3. The van der Waals surface area contributed by atoms with Gasteiger partial charge in [0.05, 0.1) is 5.56 Å². The molecule has 0 aliphatic carbocycles. The zero-order chi connectivity index (χ0) is 14.7. The minimum Gasteiger partial charge on any atom is -0.508 e. The van der Waals surface area contributed by atoms with E-state index < -0.39 is 11.7 Å². The Hall–Kier alpha value is -2.69. The number of nitrogens with zero attached hydrogens (tertiary/aromatic N) is 1. The van der Waals surface area contributed by atoms with Gasteiger partial charge in [0.25, 0.3) is 5.91 Å². The van der Waals surface area contributed by atoms with Crippen molar-refractivity contribution in [2.24, 2.45) is 0 Å². The van der Waals surface area contributed by atoms with Gasteiger partial charge in [-0.15, -0.1) is 0 Å². The van der Waals surface area contributed by atoms with Gasteiger partial charge in [-0.3, -0.25) is 4.79 Å². The number of aromatic hydroxyl groups is 3. The highest BCUT2D eigenvalue weighted by Crippen LogP contribution is 2.29. The first-order valence-corrected chi connectivity index (χ1v) is 6.03. The summed E-state index contributed by atoms with van der Waals surface area (Å²) < 4.78 is 0. The molecule has 1 amide bonds. The molecule has 104 valence electrons. The zero-order valence-electron chi connectivity index (χ0n) is 10.9. The quantitative estimate of drug-likeness (QED) is 0.748. The Morgan fingerprint density at radius 1 is 1.05 bits per heavy atom. The van der Waals surface area contributed by atoms with Crippen LogP contribution in [-0.4, -0.2) is 33.2 Å². The lowest BCUT2D eigenvalue weighted by Crippen LogP contribution is -2.26. The zero-order valence-corrected chi connectivity index (χ0v) is 10.9. The highest BCUT2D eigenvalue weighted by molar-refractivity contribution is 5.97. The molecule has 20 heavy (non-hydrogen) atoms. The maximum Gasteiger partial charge on any atom is 0.257 e. The lowest BCUT2D eigenvalue weighted by atomic mass is 10.1. The lowest BCUT2D eigenvalue weighted by Gasteiger charge is -2.18. The van der Waals surface area contributed by atoms with Crippen molar-refractivity contribution >= 4 is 5.91 Å². The van der Waals surface area contributed by atoms with Crippen molar-refractivity contribution in [2.75, 3.05) is 7.05 Å². The van der Waals surface area contributed by atoms with Crippen LogP contribution in [-0.2, 0) is 6.54 Å². The van der Waals surface area contributed by atoms with E-state index in [0.717, 1.165) is 5.56 Å². The van der Waals surface area contributed by atoms with Gasteiger partial charge in [0, 0.05) is 13.6 Å². The molecule has 2 aromatic carbocycles. The van der Waals surface area contributed by atoms with Gasteiger partial charge < -0.3 is 20.2 Å². The average Bonchev–Trinajstić information content (AvgIpc) is 2.43. The smallest absolute Gasteiger partial charge is 0.257 e. The average molecular weight is 273 g/mol. The van der Waals surface area contributed by atoms with E-state index in [4.69, 9.17) is 0 Å². The van der Waals surface area contributed by atoms with Crippen LogP contribution < -0.4 is 0 Å². The number of benzene rings is 2. The summed E-state index contributed by atoms with van der Waals surface area (Å²) in [6.45, 7) is 0.328. The summed E-state index contributed by atoms with van der Waals surface area (Å²) in [6, 6.07) is 10.8. The molecule has 0 atom stereocenters. The summed E-state index contributed by atoms with van der Waals surface area (Å²) >= 11 is 0. The van der Waals surface area contributed by atoms with Crippen molar-refractivity contribution in [3.63, 3.8) is 0 Å². The van der Waals surface area contributed by atoms with E-state index in [0.29, 0.717) is 6.54 Å².